The molecular formula is C31H37N7O3. The van der Waals surface area contributed by atoms with Crippen molar-refractivity contribution in [2.45, 2.75) is 58.3 Å². The molecule has 0 aliphatic carbocycles. The number of aromatic nitrogens is 3. The highest BCUT2D eigenvalue weighted by Crippen LogP contribution is 2.28. The van der Waals surface area contributed by atoms with Crippen molar-refractivity contribution in [3.8, 4) is 0 Å². The van der Waals surface area contributed by atoms with Gasteiger partial charge in [0.05, 0.1) is 30.9 Å². The standard InChI is InChI=1S/C31H37N7O3/c1-22-5-3-6-23(2)38(22)29(39)18-24-7-4-8-26(17-24)37-20-27(30-32-11-12-36(30)21-37)34-28-10-9-25(19-33-28)31(40)35-13-15-41-16-14-35/h4,7-12,17,19-20,22-23H,3,5-6,13-16,18,21H2,1-2H3,(H,33,34)/t22-,23+. The number of morpholine rings is 1. The fraction of sp³-hybridized carbons (Fsp3) is 0.419. The number of hydrogen-bond donors (Lipinski definition) is 1. The van der Waals surface area contributed by atoms with Crippen LogP contribution in [0.25, 0.3) is 5.70 Å². The summed E-state index contributed by atoms with van der Waals surface area (Å²) in [5.41, 5.74) is 3.34. The summed E-state index contributed by atoms with van der Waals surface area (Å²) < 4.78 is 7.42. The van der Waals surface area contributed by atoms with E-state index in [2.05, 4.69) is 55.6 Å². The number of imidazole rings is 1. The van der Waals surface area contributed by atoms with Gasteiger partial charge in [-0.3, -0.25) is 9.59 Å². The molecule has 2 atom stereocenters. The Morgan fingerprint density at radius 2 is 1.85 bits per heavy atom. The fourth-order valence-electron chi connectivity index (χ4n) is 6.04. The lowest BCUT2D eigenvalue weighted by atomic mass is 9.96. The first kappa shape index (κ1) is 27.0. The van der Waals surface area contributed by atoms with Crippen LogP contribution in [-0.2, 0) is 22.6 Å². The first-order valence-electron chi connectivity index (χ1n) is 14.5. The molecule has 2 fully saturated rings. The number of anilines is 2. The lowest BCUT2D eigenvalue weighted by Crippen LogP contribution is -2.48. The Labute approximate surface area is 240 Å². The van der Waals surface area contributed by atoms with Crippen molar-refractivity contribution in [2.75, 3.05) is 36.5 Å². The molecule has 5 heterocycles. The molecule has 2 amide bonds. The van der Waals surface area contributed by atoms with E-state index in [9.17, 15) is 9.59 Å². The number of nitrogens with zero attached hydrogens (tertiary/aromatic N) is 6. The number of likely N-dealkylation sites (tertiary alicyclic amines) is 1. The summed E-state index contributed by atoms with van der Waals surface area (Å²) in [4.78, 5) is 41.1. The molecule has 214 valence electrons. The number of benzene rings is 1. The largest absolute Gasteiger partial charge is 0.378 e. The van der Waals surface area contributed by atoms with E-state index in [1.807, 2.05) is 30.6 Å². The van der Waals surface area contributed by atoms with Gasteiger partial charge in [-0.2, -0.15) is 0 Å². The molecule has 0 unspecified atom stereocenters. The summed E-state index contributed by atoms with van der Waals surface area (Å²) in [5.74, 6) is 1.58. The van der Waals surface area contributed by atoms with Crippen molar-refractivity contribution in [3.05, 3.63) is 78.1 Å². The van der Waals surface area contributed by atoms with Crippen molar-refractivity contribution in [2.24, 2.45) is 0 Å². The molecule has 10 heteroatoms. The first-order valence-corrected chi connectivity index (χ1v) is 14.5. The van der Waals surface area contributed by atoms with Gasteiger partial charge in [0, 0.05) is 55.7 Å². The van der Waals surface area contributed by atoms with Crippen molar-refractivity contribution in [1.82, 2.24) is 24.3 Å². The SMILES string of the molecule is C[C@@H]1CCC[C@H](C)N1C(=O)Cc1cccc(N2C=C(Nc3ccc(C(=O)N4CCOCC4)cn3)c3nccn3C2)c1. The van der Waals surface area contributed by atoms with Crippen molar-refractivity contribution < 1.29 is 14.3 Å². The molecule has 0 bridgehead atoms. The second-order valence-corrected chi connectivity index (χ2v) is 11.1. The third-order valence-corrected chi connectivity index (χ3v) is 8.20. The van der Waals surface area contributed by atoms with Gasteiger partial charge in [0.25, 0.3) is 5.91 Å². The first-order chi connectivity index (χ1) is 20.0. The van der Waals surface area contributed by atoms with Crippen LogP contribution < -0.4 is 10.2 Å². The number of fused-ring (bicyclic) bond motifs is 1. The summed E-state index contributed by atoms with van der Waals surface area (Å²) in [6.07, 6.45) is 11.1. The van der Waals surface area contributed by atoms with Crippen LogP contribution in [-0.4, -0.2) is 74.5 Å². The van der Waals surface area contributed by atoms with Crippen molar-refractivity contribution >= 4 is 29.0 Å². The molecule has 10 nitrogen and oxygen atoms in total. The van der Waals surface area contributed by atoms with Gasteiger partial charge in [-0.05, 0) is 62.9 Å². The number of rotatable bonds is 6. The summed E-state index contributed by atoms with van der Waals surface area (Å²) in [6.45, 7) is 7.22. The van der Waals surface area contributed by atoms with Crippen molar-refractivity contribution in [1.29, 1.82) is 0 Å². The van der Waals surface area contributed by atoms with Gasteiger partial charge in [-0.1, -0.05) is 12.1 Å². The lowest BCUT2D eigenvalue weighted by molar-refractivity contribution is -0.136. The quantitative estimate of drug-likeness (QED) is 0.492. The molecule has 6 rings (SSSR count). The number of amides is 2. The lowest BCUT2D eigenvalue weighted by Gasteiger charge is -2.39. The molecule has 3 aliphatic heterocycles. The van der Waals surface area contributed by atoms with Crippen LogP contribution in [0.5, 0.6) is 0 Å². The van der Waals surface area contributed by atoms with E-state index < -0.39 is 0 Å². The number of nitrogens with one attached hydrogen (secondary N) is 1. The van der Waals surface area contributed by atoms with Crippen LogP contribution in [0.2, 0.25) is 0 Å². The van der Waals surface area contributed by atoms with E-state index in [4.69, 9.17) is 4.74 Å². The van der Waals surface area contributed by atoms with Crippen molar-refractivity contribution in [3.63, 3.8) is 0 Å². The van der Waals surface area contributed by atoms with Crippen LogP contribution in [0, 0.1) is 0 Å². The molecular weight excluding hydrogens is 518 g/mol. The van der Waals surface area contributed by atoms with Gasteiger partial charge >= 0.3 is 0 Å². The van der Waals surface area contributed by atoms with E-state index in [1.165, 1.54) is 6.42 Å². The summed E-state index contributed by atoms with van der Waals surface area (Å²) >= 11 is 0. The smallest absolute Gasteiger partial charge is 0.255 e. The molecule has 2 saturated heterocycles. The van der Waals surface area contributed by atoms with E-state index in [-0.39, 0.29) is 23.9 Å². The van der Waals surface area contributed by atoms with Crippen LogP contribution in [0.1, 0.15) is 54.9 Å². The molecule has 1 aromatic carbocycles. The highest BCUT2D eigenvalue weighted by atomic mass is 16.5. The third kappa shape index (κ3) is 5.83. The summed E-state index contributed by atoms with van der Waals surface area (Å²) in [6, 6.07) is 12.4. The average Bonchev–Trinajstić information content (AvgIpc) is 3.47. The van der Waals surface area contributed by atoms with Crippen LogP contribution in [0.3, 0.4) is 0 Å². The minimum absolute atomic E-state index is 0.0338. The molecule has 0 radical (unpaired) electrons. The molecule has 1 N–H and O–H groups in total. The normalized spacial score (nSPS) is 20.8. The Morgan fingerprint density at radius 3 is 2.61 bits per heavy atom. The number of ether oxygens (including phenoxy) is 1. The maximum absolute atomic E-state index is 13.3. The van der Waals surface area contributed by atoms with E-state index in [0.717, 1.165) is 35.6 Å². The van der Waals surface area contributed by atoms with Crippen LogP contribution in [0.15, 0.2) is 61.2 Å². The van der Waals surface area contributed by atoms with Gasteiger partial charge in [0.2, 0.25) is 5.91 Å². The number of piperidine rings is 1. The van der Waals surface area contributed by atoms with Gasteiger partial charge in [0.1, 0.15) is 12.5 Å². The Balaban J connectivity index is 1.18. The number of carbonyl (C=O) groups excluding carboxylic acids is 2. The van der Waals surface area contributed by atoms with Gasteiger partial charge in [-0.15, -0.1) is 0 Å². The zero-order valence-corrected chi connectivity index (χ0v) is 23.7. The van der Waals surface area contributed by atoms with Gasteiger partial charge < -0.3 is 29.3 Å². The Bertz CT molecular complexity index is 1420. The fourth-order valence-corrected chi connectivity index (χ4v) is 6.04. The molecule has 3 aromatic rings. The van der Waals surface area contributed by atoms with Gasteiger partial charge in [-0.25, -0.2) is 9.97 Å². The number of pyridine rings is 1. The summed E-state index contributed by atoms with van der Waals surface area (Å²) in [7, 11) is 0. The Morgan fingerprint density at radius 1 is 1.05 bits per heavy atom. The zero-order valence-electron chi connectivity index (χ0n) is 23.7. The van der Waals surface area contributed by atoms with Crippen LogP contribution >= 0.6 is 0 Å². The van der Waals surface area contributed by atoms with E-state index in [1.54, 1.807) is 23.4 Å². The minimum atomic E-state index is -0.0338. The van der Waals surface area contributed by atoms with Gasteiger partial charge in [0.15, 0.2) is 5.82 Å². The Hall–Kier alpha value is -4.18. The maximum Gasteiger partial charge on any atom is 0.255 e. The molecule has 41 heavy (non-hydrogen) atoms. The highest BCUT2D eigenvalue weighted by Gasteiger charge is 2.29. The molecule has 0 saturated carbocycles. The third-order valence-electron chi connectivity index (χ3n) is 8.20. The average molecular weight is 556 g/mol. The second kappa shape index (κ2) is 11.7. The number of carbonyl (C=O) groups is 2. The highest BCUT2D eigenvalue weighted by molar-refractivity contribution is 5.94. The minimum Gasteiger partial charge on any atom is -0.378 e. The predicted molar refractivity (Wildman–Crippen MR) is 157 cm³/mol. The number of hydrogen-bond acceptors (Lipinski definition) is 7. The molecule has 2 aromatic heterocycles. The van der Waals surface area contributed by atoms with E-state index >= 15 is 0 Å². The molecule has 0 spiro atoms. The van der Waals surface area contributed by atoms with E-state index in [0.29, 0.717) is 50.8 Å². The topological polar surface area (TPSA) is 95.8 Å². The predicted octanol–water partition coefficient (Wildman–Crippen LogP) is 3.97. The maximum atomic E-state index is 13.3. The Kier molecular flexibility index (Phi) is 7.74. The molecule has 3 aliphatic rings. The zero-order chi connectivity index (χ0) is 28.3. The summed E-state index contributed by atoms with van der Waals surface area (Å²) in [5, 5.41) is 3.39. The van der Waals surface area contributed by atoms with Crippen LogP contribution in [0.4, 0.5) is 11.5 Å². The monoisotopic (exact) mass is 555 g/mol. The second-order valence-electron chi connectivity index (χ2n) is 11.1.